The molecule has 1 amide bonds. The number of carbonyl (C=O) groups is 1. The summed E-state index contributed by atoms with van der Waals surface area (Å²) in [6, 6.07) is 14.8. The van der Waals surface area contributed by atoms with Crippen LogP contribution in [0, 0.1) is 5.92 Å². The van der Waals surface area contributed by atoms with Crippen LogP contribution in [-0.4, -0.2) is 29.9 Å². The molecular weight excluding hydrogens is 284 g/mol. The van der Waals surface area contributed by atoms with Crippen molar-refractivity contribution < 1.29 is 4.79 Å². The van der Waals surface area contributed by atoms with Gasteiger partial charge in [0.15, 0.2) is 0 Å². The molecule has 1 aliphatic rings. The largest absolute Gasteiger partial charge is 0.342 e. The summed E-state index contributed by atoms with van der Waals surface area (Å²) in [7, 11) is 0. The normalized spacial score (nSPS) is 21.2. The van der Waals surface area contributed by atoms with E-state index in [1.807, 2.05) is 30.9 Å². The minimum Gasteiger partial charge on any atom is -0.342 e. The summed E-state index contributed by atoms with van der Waals surface area (Å²) in [5, 5.41) is 2.41. The molecule has 0 spiro atoms. The number of amides is 1. The second kappa shape index (κ2) is 6.71. The Kier molecular flexibility index (Phi) is 4.67. The molecule has 0 aromatic heterocycles. The Bertz CT molecular complexity index is 695. The van der Waals surface area contributed by atoms with E-state index in [1.165, 1.54) is 10.8 Å². The van der Waals surface area contributed by atoms with Crippen molar-refractivity contribution in [2.45, 2.75) is 38.6 Å². The fourth-order valence-electron chi connectivity index (χ4n) is 3.53. The highest BCUT2D eigenvalue weighted by molar-refractivity contribution is 5.87. The van der Waals surface area contributed by atoms with Crippen molar-refractivity contribution in [2.75, 3.05) is 13.1 Å². The maximum absolute atomic E-state index is 12.9. The molecule has 2 aromatic carbocycles. The minimum atomic E-state index is -0.105. The van der Waals surface area contributed by atoms with Crippen LogP contribution < -0.4 is 5.73 Å². The van der Waals surface area contributed by atoms with Crippen molar-refractivity contribution in [3.63, 3.8) is 0 Å². The van der Waals surface area contributed by atoms with Crippen molar-refractivity contribution >= 4 is 16.7 Å². The first-order chi connectivity index (χ1) is 11.1. The number of fused-ring (bicyclic) bond motifs is 1. The Balaban J connectivity index is 1.77. The number of benzene rings is 2. The first kappa shape index (κ1) is 16.0. The zero-order chi connectivity index (χ0) is 16.4. The van der Waals surface area contributed by atoms with E-state index in [9.17, 15) is 4.79 Å². The van der Waals surface area contributed by atoms with Crippen molar-refractivity contribution in [3.05, 3.63) is 48.0 Å². The fraction of sp³-hybridized carbons (Fsp3) is 0.450. The third kappa shape index (κ3) is 3.40. The number of hydrogen-bond donors (Lipinski definition) is 1. The summed E-state index contributed by atoms with van der Waals surface area (Å²) in [5.41, 5.74) is 7.14. The molecule has 1 heterocycles. The summed E-state index contributed by atoms with van der Waals surface area (Å²) < 4.78 is 0. The van der Waals surface area contributed by atoms with Crippen LogP contribution in [0.15, 0.2) is 42.5 Å². The summed E-state index contributed by atoms with van der Waals surface area (Å²) in [5.74, 6) is 0.550. The number of piperidine rings is 1. The van der Waals surface area contributed by atoms with Gasteiger partial charge in [0, 0.05) is 19.1 Å². The molecule has 0 aliphatic carbocycles. The monoisotopic (exact) mass is 310 g/mol. The quantitative estimate of drug-likeness (QED) is 0.942. The van der Waals surface area contributed by atoms with Gasteiger partial charge in [-0.3, -0.25) is 4.79 Å². The summed E-state index contributed by atoms with van der Waals surface area (Å²) >= 11 is 0. The van der Waals surface area contributed by atoms with E-state index in [2.05, 4.69) is 30.3 Å². The maximum atomic E-state index is 12.9. The lowest BCUT2D eigenvalue weighted by Gasteiger charge is -2.36. The topological polar surface area (TPSA) is 46.3 Å². The highest BCUT2D eigenvalue weighted by Gasteiger charge is 2.28. The smallest absolute Gasteiger partial charge is 0.229 e. The van der Waals surface area contributed by atoms with Crippen LogP contribution in [0.4, 0.5) is 0 Å². The number of likely N-dealkylation sites (tertiary alicyclic amines) is 1. The van der Waals surface area contributed by atoms with Crippen LogP contribution in [0.25, 0.3) is 10.8 Å². The van der Waals surface area contributed by atoms with Gasteiger partial charge in [-0.1, -0.05) is 42.5 Å². The highest BCUT2D eigenvalue weighted by Crippen LogP contribution is 2.26. The first-order valence-corrected chi connectivity index (χ1v) is 8.59. The highest BCUT2D eigenvalue weighted by atomic mass is 16.2. The Morgan fingerprint density at radius 3 is 2.65 bits per heavy atom. The lowest BCUT2D eigenvalue weighted by atomic mass is 9.90. The standard InChI is InChI=1S/C20H26N2O/c1-14(17-10-9-16-6-3-4-7-18(16)12-17)20(23)22-11-5-8-19(13-22)15(2)21/h3-4,6-7,9-10,12,14-15,19H,5,8,11,13,21H2,1-2H3. The predicted octanol–water partition coefficient (Wildman–Crippen LogP) is 3.53. The van der Waals surface area contributed by atoms with Gasteiger partial charge in [-0.15, -0.1) is 0 Å². The van der Waals surface area contributed by atoms with E-state index in [1.54, 1.807) is 0 Å². The van der Waals surface area contributed by atoms with Crippen molar-refractivity contribution in [3.8, 4) is 0 Å². The molecule has 23 heavy (non-hydrogen) atoms. The first-order valence-electron chi connectivity index (χ1n) is 8.59. The lowest BCUT2D eigenvalue weighted by Crippen LogP contribution is -2.46. The van der Waals surface area contributed by atoms with Crippen LogP contribution in [-0.2, 0) is 4.79 Å². The molecule has 3 nitrogen and oxygen atoms in total. The van der Waals surface area contributed by atoms with Crippen molar-refractivity contribution in [1.29, 1.82) is 0 Å². The van der Waals surface area contributed by atoms with Crippen LogP contribution in [0.1, 0.15) is 38.2 Å². The van der Waals surface area contributed by atoms with Gasteiger partial charge in [-0.05, 0) is 48.9 Å². The van der Waals surface area contributed by atoms with Crippen LogP contribution in [0.3, 0.4) is 0 Å². The van der Waals surface area contributed by atoms with Gasteiger partial charge in [0.25, 0.3) is 0 Å². The van der Waals surface area contributed by atoms with E-state index in [0.29, 0.717) is 5.92 Å². The van der Waals surface area contributed by atoms with Gasteiger partial charge >= 0.3 is 0 Å². The third-order valence-corrected chi connectivity index (χ3v) is 5.16. The molecule has 3 atom stereocenters. The second-order valence-electron chi connectivity index (χ2n) is 6.87. The zero-order valence-electron chi connectivity index (χ0n) is 14.0. The third-order valence-electron chi connectivity index (χ3n) is 5.16. The molecule has 0 saturated carbocycles. The van der Waals surface area contributed by atoms with Gasteiger partial charge in [-0.25, -0.2) is 0 Å². The second-order valence-corrected chi connectivity index (χ2v) is 6.87. The number of rotatable bonds is 3. The van der Waals surface area contributed by atoms with Crippen LogP contribution >= 0.6 is 0 Å². The van der Waals surface area contributed by atoms with Gasteiger partial charge in [0.2, 0.25) is 5.91 Å². The lowest BCUT2D eigenvalue weighted by molar-refractivity contribution is -0.134. The van der Waals surface area contributed by atoms with Crippen molar-refractivity contribution in [2.24, 2.45) is 11.7 Å². The van der Waals surface area contributed by atoms with E-state index < -0.39 is 0 Å². The minimum absolute atomic E-state index is 0.105. The summed E-state index contributed by atoms with van der Waals surface area (Å²) in [4.78, 5) is 14.9. The molecule has 3 rings (SSSR count). The Morgan fingerprint density at radius 2 is 1.91 bits per heavy atom. The number of nitrogens with zero attached hydrogens (tertiary/aromatic N) is 1. The van der Waals surface area contributed by atoms with E-state index >= 15 is 0 Å². The Hall–Kier alpha value is -1.87. The molecule has 0 radical (unpaired) electrons. The van der Waals surface area contributed by atoms with Crippen molar-refractivity contribution in [1.82, 2.24) is 4.90 Å². The van der Waals surface area contributed by atoms with E-state index in [-0.39, 0.29) is 17.9 Å². The molecule has 3 unspecified atom stereocenters. The SMILES string of the molecule is CC(C(=O)N1CCCC(C(C)N)C1)c1ccc2ccccc2c1. The molecule has 3 heteroatoms. The molecule has 1 fully saturated rings. The molecular formula is C20H26N2O. The number of nitrogens with two attached hydrogens (primary N) is 1. The fourth-order valence-corrected chi connectivity index (χ4v) is 3.53. The predicted molar refractivity (Wildman–Crippen MR) is 95.3 cm³/mol. The molecule has 1 saturated heterocycles. The molecule has 2 N–H and O–H groups in total. The van der Waals surface area contributed by atoms with Gasteiger partial charge in [0.1, 0.15) is 0 Å². The molecule has 1 aliphatic heterocycles. The van der Waals surface area contributed by atoms with Crippen LogP contribution in [0.2, 0.25) is 0 Å². The van der Waals surface area contributed by atoms with Gasteiger partial charge < -0.3 is 10.6 Å². The molecule has 2 aromatic rings. The van der Waals surface area contributed by atoms with Crippen LogP contribution in [0.5, 0.6) is 0 Å². The van der Waals surface area contributed by atoms with Gasteiger partial charge in [-0.2, -0.15) is 0 Å². The van der Waals surface area contributed by atoms with E-state index in [0.717, 1.165) is 31.5 Å². The zero-order valence-corrected chi connectivity index (χ0v) is 14.0. The molecule has 0 bridgehead atoms. The number of carbonyl (C=O) groups excluding carboxylic acids is 1. The number of hydrogen-bond acceptors (Lipinski definition) is 2. The summed E-state index contributed by atoms with van der Waals surface area (Å²) in [6.07, 6.45) is 2.19. The average molecular weight is 310 g/mol. The van der Waals surface area contributed by atoms with E-state index in [4.69, 9.17) is 5.73 Å². The Morgan fingerprint density at radius 1 is 1.17 bits per heavy atom. The van der Waals surface area contributed by atoms with Gasteiger partial charge in [0.05, 0.1) is 5.92 Å². The average Bonchev–Trinajstić information content (AvgIpc) is 2.60. The summed E-state index contributed by atoms with van der Waals surface area (Å²) in [6.45, 7) is 5.72. The molecule has 122 valence electrons. The Labute approximate surface area is 138 Å². The maximum Gasteiger partial charge on any atom is 0.229 e.